The van der Waals surface area contributed by atoms with Crippen LogP contribution in [-0.4, -0.2) is 31.9 Å². The summed E-state index contributed by atoms with van der Waals surface area (Å²) in [6.45, 7) is 0.215. The second kappa shape index (κ2) is 8.22. The van der Waals surface area contributed by atoms with Crippen LogP contribution in [0.1, 0.15) is 11.3 Å². The van der Waals surface area contributed by atoms with Gasteiger partial charge in [0.1, 0.15) is 11.5 Å². The van der Waals surface area contributed by atoms with Crippen molar-refractivity contribution in [3.8, 4) is 17.2 Å². The summed E-state index contributed by atoms with van der Waals surface area (Å²) in [5.74, 6) is 0.727. The molecule has 0 unspecified atom stereocenters. The molecule has 0 atom stereocenters. The van der Waals surface area contributed by atoms with Crippen molar-refractivity contribution in [1.29, 1.82) is 0 Å². The van der Waals surface area contributed by atoms with Crippen LogP contribution in [0, 0.1) is 0 Å². The number of para-hydroxylation sites is 1. The predicted molar refractivity (Wildman–Crippen MR) is 95.5 cm³/mol. The zero-order valence-corrected chi connectivity index (χ0v) is 15.0. The van der Waals surface area contributed by atoms with Crippen molar-refractivity contribution in [3.05, 3.63) is 70.2 Å². The number of ether oxygens (including phenoxy) is 2. The van der Waals surface area contributed by atoms with Crippen molar-refractivity contribution in [2.75, 3.05) is 20.8 Å². The van der Waals surface area contributed by atoms with Gasteiger partial charge in [-0.3, -0.25) is 9.52 Å². The first-order chi connectivity index (χ1) is 13.1. The molecule has 0 radical (unpaired) electrons. The zero-order valence-electron chi connectivity index (χ0n) is 15.0. The van der Waals surface area contributed by atoms with E-state index in [2.05, 4.69) is 10.3 Å². The van der Waals surface area contributed by atoms with E-state index in [1.807, 2.05) is 24.3 Å². The van der Waals surface area contributed by atoms with Crippen molar-refractivity contribution < 1.29 is 23.8 Å². The fourth-order valence-corrected chi connectivity index (χ4v) is 2.63. The van der Waals surface area contributed by atoms with E-state index >= 15 is 0 Å². The lowest BCUT2D eigenvalue weighted by Crippen LogP contribution is -2.44. The summed E-state index contributed by atoms with van der Waals surface area (Å²) in [6.07, 6.45) is 0.508. The Kier molecular flexibility index (Phi) is 5.55. The number of rotatable bonds is 7. The number of methoxy groups -OCH3 is 2. The second-order valence-corrected chi connectivity index (χ2v) is 5.61. The second-order valence-electron chi connectivity index (χ2n) is 5.61. The van der Waals surface area contributed by atoms with E-state index in [0.29, 0.717) is 17.9 Å². The number of hydrogen-bond donors (Lipinski definition) is 1. The molecule has 3 aromatic rings. The fourth-order valence-electron chi connectivity index (χ4n) is 2.63. The number of H-pyrrole nitrogens is 1. The maximum absolute atomic E-state index is 12.5. The molecule has 0 aliphatic carbocycles. The normalized spacial score (nSPS) is 11.4. The molecular formula is C19H19N3O5. The average molecular weight is 369 g/mol. The minimum Gasteiger partial charge on any atom is -0.854 e. The maximum atomic E-state index is 12.5. The Labute approximate surface area is 155 Å². The smallest absolute Gasteiger partial charge is 0.436 e. The molecule has 0 aliphatic heterocycles. The van der Waals surface area contributed by atoms with E-state index in [9.17, 15) is 9.90 Å². The van der Waals surface area contributed by atoms with Crippen LogP contribution < -0.4 is 24.9 Å². The highest BCUT2D eigenvalue weighted by molar-refractivity contribution is 5.86. The summed E-state index contributed by atoms with van der Waals surface area (Å²) in [6, 6.07) is 14.3. The summed E-state index contributed by atoms with van der Waals surface area (Å²) in [7, 11) is 3.14. The van der Waals surface area contributed by atoms with E-state index < -0.39 is 11.5 Å². The number of aromatic amines is 1. The van der Waals surface area contributed by atoms with Crippen molar-refractivity contribution in [2.45, 2.75) is 6.42 Å². The summed E-state index contributed by atoms with van der Waals surface area (Å²) in [4.78, 5) is 16.0. The van der Waals surface area contributed by atoms with Crippen LogP contribution >= 0.6 is 0 Å². The number of aliphatic imine (C=N–C) groups is 1. The molecule has 0 fully saturated rings. The van der Waals surface area contributed by atoms with Gasteiger partial charge in [-0.1, -0.05) is 18.2 Å². The molecule has 8 nitrogen and oxygen atoms in total. The Bertz CT molecular complexity index is 989. The molecule has 27 heavy (non-hydrogen) atoms. The van der Waals surface area contributed by atoms with Crippen LogP contribution in [0.2, 0.25) is 0 Å². The van der Waals surface area contributed by atoms with Crippen molar-refractivity contribution in [1.82, 2.24) is 5.27 Å². The predicted octanol–water partition coefficient (Wildman–Crippen LogP) is 0.611. The minimum absolute atomic E-state index is 0.194. The largest absolute Gasteiger partial charge is 0.854 e. The number of nitrogens with zero attached hydrogens (tertiary/aromatic N) is 2. The third kappa shape index (κ3) is 4.00. The van der Waals surface area contributed by atoms with Gasteiger partial charge in [0.05, 0.1) is 20.1 Å². The molecule has 0 spiro atoms. The van der Waals surface area contributed by atoms with Gasteiger partial charge < -0.3 is 14.6 Å². The molecule has 0 bridgehead atoms. The molecule has 8 heteroatoms. The molecule has 1 aromatic heterocycles. The Hall–Kier alpha value is -3.55. The van der Waals surface area contributed by atoms with Gasteiger partial charge in [0.15, 0.2) is 0 Å². The van der Waals surface area contributed by atoms with Gasteiger partial charge in [0.2, 0.25) is 5.69 Å². The highest BCUT2D eigenvalue weighted by Crippen LogP contribution is 2.17. The summed E-state index contributed by atoms with van der Waals surface area (Å²) in [5, 5.41) is 14.9. The lowest BCUT2D eigenvalue weighted by Gasteiger charge is -2.08. The highest BCUT2D eigenvalue weighted by atomic mass is 16.5. The van der Waals surface area contributed by atoms with Crippen molar-refractivity contribution >= 4 is 5.90 Å². The third-order valence-electron chi connectivity index (χ3n) is 4.01. The molecule has 2 aromatic carbocycles. The molecule has 1 heterocycles. The van der Waals surface area contributed by atoms with E-state index in [1.54, 1.807) is 38.5 Å². The molecule has 0 aliphatic rings. The third-order valence-corrected chi connectivity index (χ3v) is 4.01. The van der Waals surface area contributed by atoms with E-state index in [4.69, 9.17) is 14.0 Å². The topological polar surface area (TPSA) is 104 Å². The van der Waals surface area contributed by atoms with Crippen LogP contribution in [-0.2, 0) is 6.42 Å². The SMILES string of the molecule is COc1ccc(-[n+]2[nH]oc(=O)c2C([O-])=NCCc2ccccc2OC)cc1. The lowest BCUT2D eigenvalue weighted by molar-refractivity contribution is -0.673. The van der Waals surface area contributed by atoms with Gasteiger partial charge in [-0.2, -0.15) is 0 Å². The zero-order chi connectivity index (χ0) is 19.2. The monoisotopic (exact) mass is 369 g/mol. The Morgan fingerprint density at radius 2 is 1.89 bits per heavy atom. The Morgan fingerprint density at radius 3 is 2.59 bits per heavy atom. The standard InChI is InChI=1S/C19H19N3O5/c1-25-15-9-7-14(8-10-15)22-17(19(24)27-21-22)18(23)20-12-11-13-5-3-4-6-16(13)26-2/h3-10H,11-12H2,1-2H3,(H-,20,21,23,24). The molecule has 0 saturated heterocycles. The van der Waals surface area contributed by atoms with Crippen LogP contribution in [0.4, 0.5) is 0 Å². The highest BCUT2D eigenvalue weighted by Gasteiger charge is 2.23. The van der Waals surface area contributed by atoms with Gasteiger partial charge in [0.25, 0.3) is 0 Å². The number of benzene rings is 2. The average Bonchev–Trinajstić information content (AvgIpc) is 3.10. The number of nitrogens with one attached hydrogen (secondary N) is 1. The maximum Gasteiger partial charge on any atom is 0.436 e. The summed E-state index contributed by atoms with van der Waals surface area (Å²) < 4.78 is 16.4. The molecule has 0 amide bonds. The lowest BCUT2D eigenvalue weighted by atomic mass is 10.1. The van der Waals surface area contributed by atoms with Crippen LogP contribution in [0.25, 0.3) is 5.69 Å². The molecule has 140 valence electrons. The first-order valence-electron chi connectivity index (χ1n) is 8.25. The fraction of sp³-hybridized carbons (Fsp3) is 0.211. The van der Waals surface area contributed by atoms with Crippen LogP contribution in [0.3, 0.4) is 0 Å². The van der Waals surface area contributed by atoms with Crippen LogP contribution in [0.15, 0.2) is 62.8 Å². The molecule has 1 N–H and O–H groups in total. The Morgan fingerprint density at radius 1 is 1.15 bits per heavy atom. The van der Waals surface area contributed by atoms with E-state index in [-0.39, 0.29) is 12.2 Å². The van der Waals surface area contributed by atoms with Crippen LogP contribution in [0.5, 0.6) is 11.5 Å². The van der Waals surface area contributed by atoms with Gasteiger partial charge >= 0.3 is 11.3 Å². The summed E-state index contributed by atoms with van der Waals surface area (Å²) in [5.41, 5.74) is 0.502. The van der Waals surface area contributed by atoms with Crippen molar-refractivity contribution in [3.63, 3.8) is 0 Å². The number of hydrogen-bond acceptors (Lipinski definition) is 6. The van der Waals surface area contributed by atoms with E-state index in [0.717, 1.165) is 11.3 Å². The minimum atomic E-state index is -0.781. The molecular weight excluding hydrogens is 350 g/mol. The summed E-state index contributed by atoms with van der Waals surface area (Å²) >= 11 is 0. The van der Waals surface area contributed by atoms with Gasteiger partial charge in [-0.25, -0.2) is 4.79 Å². The van der Waals surface area contributed by atoms with Gasteiger partial charge in [-0.15, -0.1) is 0 Å². The molecule has 3 rings (SSSR count). The van der Waals surface area contributed by atoms with Crippen molar-refractivity contribution in [2.24, 2.45) is 4.99 Å². The van der Waals surface area contributed by atoms with Gasteiger partial charge in [-0.05, 0) is 40.1 Å². The van der Waals surface area contributed by atoms with E-state index in [1.165, 1.54) is 4.68 Å². The molecule has 0 saturated carbocycles. The van der Waals surface area contributed by atoms with Gasteiger partial charge in [0, 0.05) is 18.7 Å². The first-order valence-corrected chi connectivity index (χ1v) is 8.25. The quantitative estimate of drug-likeness (QED) is 0.373. The Balaban J connectivity index is 1.82. The first kappa shape index (κ1) is 18.2. The number of aromatic nitrogens is 2.